The largest absolute Gasteiger partial charge is 0.497 e. The Bertz CT molecular complexity index is 1320. The fourth-order valence-electron chi connectivity index (χ4n) is 4.33. The first kappa shape index (κ1) is 25.0. The van der Waals surface area contributed by atoms with Crippen LogP contribution in [-0.2, 0) is 14.8 Å². The van der Waals surface area contributed by atoms with Gasteiger partial charge in [-0.2, -0.15) is 4.31 Å². The van der Waals surface area contributed by atoms with Crippen molar-refractivity contribution >= 4 is 32.4 Å². The van der Waals surface area contributed by atoms with Crippen LogP contribution in [0.15, 0.2) is 59.5 Å². The van der Waals surface area contributed by atoms with Crippen LogP contribution in [0.2, 0.25) is 0 Å². The Morgan fingerprint density at radius 2 is 1.71 bits per heavy atom. The second-order valence-corrected chi connectivity index (χ2v) is 10.7. The van der Waals surface area contributed by atoms with Crippen LogP contribution in [0.4, 0.5) is 5.69 Å². The zero-order valence-electron chi connectivity index (χ0n) is 20.4. The normalized spacial score (nSPS) is 15.5. The molecule has 3 aromatic rings. The van der Waals surface area contributed by atoms with E-state index in [1.807, 2.05) is 50.2 Å². The average Bonchev–Trinajstić information content (AvgIpc) is 2.89. The van der Waals surface area contributed by atoms with Gasteiger partial charge in [0, 0.05) is 13.1 Å². The van der Waals surface area contributed by atoms with Crippen LogP contribution in [0.5, 0.6) is 11.5 Å². The van der Waals surface area contributed by atoms with Gasteiger partial charge in [-0.25, -0.2) is 8.42 Å². The molecule has 1 fully saturated rings. The van der Waals surface area contributed by atoms with Crippen molar-refractivity contribution in [3.8, 4) is 11.5 Å². The average molecular weight is 497 g/mol. The van der Waals surface area contributed by atoms with Gasteiger partial charge >= 0.3 is 0 Å². The fraction of sp³-hybridized carbons (Fsp3) is 0.370. The summed E-state index contributed by atoms with van der Waals surface area (Å²) in [6.45, 7) is 5.10. The number of hydrogen-bond acceptors (Lipinski definition) is 5. The van der Waals surface area contributed by atoms with Crippen molar-refractivity contribution in [1.82, 2.24) is 4.31 Å². The maximum absolute atomic E-state index is 13.2. The lowest BCUT2D eigenvalue weighted by Crippen LogP contribution is -2.35. The third-order valence-corrected chi connectivity index (χ3v) is 8.32. The van der Waals surface area contributed by atoms with Gasteiger partial charge in [-0.05, 0) is 73.4 Å². The quantitative estimate of drug-likeness (QED) is 0.465. The highest BCUT2D eigenvalue weighted by Crippen LogP contribution is 2.32. The molecule has 1 N–H and O–H groups in total. The lowest BCUT2D eigenvalue weighted by atomic mass is 9.97. The minimum atomic E-state index is -3.64. The molecular weight excluding hydrogens is 464 g/mol. The van der Waals surface area contributed by atoms with E-state index in [4.69, 9.17) is 9.47 Å². The first-order valence-electron chi connectivity index (χ1n) is 12.0. The van der Waals surface area contributed by atoms with Crippen LogP contribution in [-0.4, -0.2) is 45.4 Å². The Balaban J connectivity index is 1.59. The Hall–Kier alpha value is -3.10. The van der Waals surface area contributed by atoms with Gasteiger partial charge in [0.05, 0.1) is 30.2 Å². The molecule has 8 heteroatoms. The number of carbonyl (C=O) groups excluding carboxylic acids is 1. The van der Waals surface area contributed by atoms with E-state index in [1.165, 1.54) is 10.4 Å². The molecule has 1 amide bonds. The minimum absolute atomic E-state index is 0.158. The summed E-state index contributed by atoms with van der Waals surface area (Å²) in [5.41, 5.74) is 1.21. The summed E-state index contributed by atoms with van der Waals surface area (Å²) >= 11 is 0. The molecule has 0 bridgehead atoms. The van der Waals surface area contributed by atoms with Crippen molar-refractivity contribution in [3.05, 3.63) is 60.2 Å². The van der Waals surface area contributed by atoms with Crippen LogP contribution in [0, 0.1) is 0 Å². The molecule has 3 aromatic carbocycles. The molecule has 1 aliphatic heterocycles. The highest BCUT2D eigenvalue weighted by atomic mass is 32.2. The van der Waals surface area contributed by atoms with Crippen LogP contribution in [0.3, 0.4) is 0 Å². The van der Waals surface area contributed by atoms with Crippen molar-refractivity contribution in [2.45, 2.75) is 43.9 Å². The van der Waals surface area contributed by atoms with E-state index in [2.05, 4.69) is 5.32 Å². The molecular formula is C27H32N2O5S. The van der Waals surface area contributed by atoms with Crippen LogP contribution >= 0.6 is 0 Å². The number of carbonyl (C=O) groups is 1. The third-order valence-electron chi connectivity index (χ3n) is 6.43. The van der Waals surface area contributed by atoms with Crippen molar-refractivity contribution in [2.75, 3.05) is 32.1 Å². The number of methoxy groups -OCH3 is 1. The fourth-order valence-corrected chi connectivity index (χ4v) is 5.88. The lowest BCUT2D eigenvalue weighted by Gasteiger charge is -2.26. The van der Waals surface area contributed by atoms with Gasteiger partial charge in [-0.15, -0.1) is 0 Å². The van der Waals surface area contributed by atoms with Crippen LogP contribution in [0.25, 0.3) is 10.8 Å². The van der Waals surface area contributed by atoms with E-state index in [0.717, 1.165) is 41.3 Å². The smallest absolute Gasteiger partial charge is 0.243 e. The standard InChI is InChI=1S/C27H32N2O5S/c1-4-34-26-13-12-24(35(31,32)29-14-6-5-7-15-29)18-25(26)28-27(30)19(2)20-8-9-22-17-23(33-3)11-10-21(22)16-20/h8-13,16-19H,4-7,14-15H2,1-3H3,(H,28,30)/t19-/m0/s1. The second-order valence-electron chi connectivity index (χ2n) is 8.74. The zero-order valence-corrected chi connectivity index (χ0v) is 21.2. The van der Waals surface area contributed by atoms with Gasteiger partial charge in [-0.3, -0.25) is 4.79 Å². The molecule has 0 unspecified atom stereocenters. The Morgan fingerprint density at radius 3 is 2.43 bits per heavy atom. The molecule has 35 heavy (non-hydrogen) atoms. The first-order valence-corrected chi connectivity index (χ1v) is 13.4. The topological polar surface area (TPSA) is 84.9 Å². The molecule has 1 saturated heterocycles. The van der Waals surface area contributed by atoms with Gasteiger partial charge in [0.15, 0.2) is 0 Å². The monoisotopic (exact) mass is 496 g/mol. The number of nitrogens with zero attached hydrogens (tertiary/aromatic N) is 1. The number of anilines is 1. The van der Waals surface area contributed by atoms with E-state index in [-0.39, 0.29) is 10.8 Å². The van der Waals surface area contributed by atoms with Crippen LogP contribution in [0.1, 0.15) is 44.6 Å². The highest BCUT2D eigenvalue weighted by molar-refractivity contribution is 7.89. The van der Waals surface area contributed by atoms with Gasteiger partial charge in [0.1, 0.15) is 11.5 Å². The molecule has 0 aromatic heterocycles. The number of rotatable bonds is 8. The summed E-state index contributed by atoms with van der Waals surface area (Å²) in [5.74, 6) is 0.514. The molecule has 0 radical (unpaired) electrons. The van der Waals surface area contributed by atoms with Crippen molar-refractivity contribution in [1.29, 1.82) is 0 Å². The Labute approximate surface area is 207 Å². The lowest BCUT2D eigenvalue weighted by molar-refractivity contribution is -0.117. The molecule has 0 spiro atoms. The molecule has 186 valence electrons. The van der Waals surface area contributed by atoms with Crippen molar-refractivity contribution in [3.63, 3.8) is 0 Å². The molecule has 1 atom stereocenters. The van der Waals surface area contributed by atoms with Crippen molar-refractivity contribution < 1.29 is 22.7 Å². The van der Waals surface area contributed by atoms with E-state index in [9.17, 15) is 13.2 Å². The number of fused-ring (bicyclic) bond motifs is 1. The SMILES string of the molecule is CCOc1ccc(S(=O)(=O)N2CCCCC2)cc1NC(=O)[C@@H](C)c1ccc2cc(OC)ccc2c1. The van der Waals surface area contributed by atoms with E-state index < -0.39 is 15.9 Å². The molecule has 0 saturated carbocycles. The predicted molar refractivity (Wildman–Crippen MR) is 138 cm³/mol. The first-order chi connectivity index (χ1) is 16.8. The number of nitrogens with one attached hydrogen (secondary N) is 1. The predicted octanol–water partition coefficient (Wildman–Crippen LogP) is 5.16. The number of amides is 1. The van der Waals surface area contributed by atoms with Crippen molar-refractivity contribution in [2.24, 2.45) is 0 Å². The van der Waals surface area contributed by atoms with Gasteiger partial charge in [0.25, 0.3) is 0 Å². The van der Waals surface area contributed by atoms with Gasteiger partial charge < -0.3 is 14.8 Å². The maximum Gasteiger partial charge on any atom is 0.243 e. The number of sulfonamides is 1. The van der Waals surface area contributed by atoms with Crippen LogP contribution < -0.4 is 14.8 Å². The number of piperidine rings is 1. The van der Waals surface area contributed by atoms with E-state index in [1.54, 1.807) is 19.2 Å². The molecule has 1 aliphatic rings. The molecule has 1 heterocycles. The summed E-state index contributed by atoms with van der Waals surface area (Å²) in [5, 5.41) is 4.94. The molecule has 4 rings (SSSR count). The van der Waals surface area contributed by atoms with Gasteiger partial charge in [0.2, 0.25) is 15.9 Å². The third kappa shape index (κ3) is 5.44. The second kappa shape index (κ2) is 10.7. The van der Waals surface area contributed by atoms with E-state index in [0.29, 0.717) is 31.1 Å². The van der Waals surface area contributed by atoms with Gasteiger partial charge in [-0.1, -0.05) is 30.7 Å². The molecule has 7 nitrogen and oxygen atoms in total. The summed E-state index contributed by atoms with van der Waals surface area (Å²) in [6, 6.07) is 16.3. The Morgan fingerprint density at radius 1 is 1.00 bits per heavy atom. The summed E-state index contributed by atoms with van der Waals surface area (Å²) in [4.78, 5) is 13.4. The maximum atomic E-state index is 13.2. The summed E-state index contributed by atoms with van der Waals surface area (Å²) in [7, 11) is -2.01. The highest BCUT2D eigenvalue weighted by Gasteiger charge is 2.27. The summed E-state index contributed by atoms with van der Waals surface area (Å²) < 4.78 is 38.9. The number of benzene rings is 3. The number of hydrogen-bond donors (Lipinski definition) is 1. The molecule has 0 aliphatic carbocycles. The number of ether oxygens (including phenoxy) is 2. The zero-order chi connectivity index (χ0) is 25.0. The minimum Gasteiger partial charge on any atom is -0.497 e. The summed E-state index contributed by atoms with van der Waals surface area (Å²) in [6.07, 6.45) is 2.75. The van der Waals surface area contributed by atoms with E-state index >= 15 is 0 Å². The Kier molecular flexibility index (Phi) is 7.62.